The fraction of sp³-hybridized carbons (Fsp3) is 0.227. The number of hydrogen-bond donors (Lipinski definition) is 1. The highest BCUT2D eigenvalue weighted by molar-refractivity contribution is 6.02. The first kappa shape index (κ1) is 20.1. The quantitative estimate of drug-likeness (QED) is 0.614. The topological polar surface area (TPSA) is 94.8 Å². The number of benzene rings is 2. The number of ether oxygens (including phenoxy) is 2. The van der Waals surface area contributed by atoms with Gasteiger partial charge in [0.25, 0.3) is 5.91 Å². The molecule has 1 N–H and O–H groups in total. The van der Waals surface area contributed by atoms with Crippen LogP contribution < -0.4 is 5.32 Å². The van der Waals surface area contributed by atoms with Crippen molar-refractivity contribution in [3.05, 3.63) is 65.4 Å². The fourth-order valence-electron chi connectivity index (χ4n) is 2.85. The summed E-state index contributed by atoms with van der Waals surface area (Å²) in [4.78, 5) is 36.2. The highest BCUT2D eigenvalue weighted by Crippen LogP contribution is 2.23. The van der Waals surface area contributed by atoms with E-state index in [1.807, 2.05) is 25.1 Å². The van der Waals surface area contributed by atoms with Gasteiger partial charge in [-0.1, -0.05) is 24.3 Å². The highest BCUT2D eigenvalue weighted by Gasteiger charge is 2.16. The summed E-state index contributed by atoms with van der Waals surface area (Å²) in [7, 11) is 0. The molecule has 3 rings (SSSR count). The second-order valence-corrected chi connectivity index (χ2v) is 6.41. The Balaban J connectivity index is 1.57. The van der Waals surface area contributed by atoms with Gasteiger partial charge < -0.3 is 19.2 Å². The zero-order valence-corrected chi connectivity index (χ0v) is 16.2. The number of hydrogen-bond acceptors (Lipinski definition) is 6. The van der Waals surface area contributed by atoms with Crippen LogP contribution in [0.25, 0.3) is 11.0 Å². The van der Waals surface area contributed by atoms with Crippen molar-refractivity contribution in [2.45, 2.75) is 20.3 Å². The van der Waals surface area contributed by atoms with Gasteiger partial charge in [0.2, 0.25) is 0 Å². The number of carbonyl (C=O) groups is 3. The third kappa shape index (κ3) is 5.01. The van der Waals surface area contributed by atoms with E-state index < -0.39 is 24.5 Å². The Morgan fingerprint density at radius 3 is 2.66 bits per heavy atom. The predicted octanol–water partition coefficient (Wildman–Crippen LogP) is 3.64. The van der Waals surface area contributed by atoms with E-state index in [0.29, 0.717) is 16.8 Å². The summed E-state index contributed by atoms with van der Waals surface area (Å²) >= 11 is 0. The summed E-state index contributed by atoms with van der Waals surface area (Å²) in [5.41, 5.74) is 2.97. The molecule has 0 saturated carbocycles. The maximum Gasteiger partial charge on any atom is 0.340 e. The number of furan rings is 1. The van der Waals surface area contributed by atoms with Crippen molar-refractivity contribution in [3.8, 4) is 0 Å². The summed E-state index contributed by atoms with van der Waals surface area (Å²) in [5.74, 6) is -1.65. The van der Waals surface area contributed by atoms with Gasteiger partial charge in [-0.15, -0.1) is 0 Å². The molecule has 29 heavy (non-hydrogen) atoms. The number of esters is 2. The first-order valence-electron chi connectivity index (χ1n) is 9.16. The van der Waals surface area contributed by atoms with Crippen molar-refractivity contribution < 1.29 is 28.3 Å². The third-order valence-electron chi connectivity index (χ3n) is 4.21. The lowest BCUT2D eigenvalue weighted by atomic mass is 10.1. The van der Waals surface area contributed by atoms with Crippen molar-refractivity contribution >= 4 is 34.5 Å². The molecular formula is C22H21NO6. The lowest BCUT2D eigenvalue weighted by molar-refractivity contribution is -0.146. The molecule has 0 aliphatic carbocycles. The van der Waals surface area contributed by atoms with Crippen LogP contribution >= 0.6 is 0 Å². The zero-order chi connectivity index (χ0) is 20.8. The fourth-order valence-corrected chi connectivity index (χ4v) is 2.85. The molecule has 0 fully saturated rings. The molecule has 0 atom stereocenters. The van der Waals surface area contributed by atoms with Gasteiger partial charge in [0.15, 0.2) is 6.61 Å². The molecule has 0 aliphatic heterocycles. The average Bonchev–Trinajstić information content (AvgIpc) is 3.08. The van der Waals surface area contributed by atoms with Gasteiger partial charge in [0.1, 0.15) is 5.58 Å². The number of rotatable bonds is 7. The van der Waals surface area contributed by atoms with Gasteiger partial charge in [-0.25, -0.2) is 4.79 Å². The first-order valence-corrected chi connectivity index (χ1v) is 9.16. The van der Waals surface area contributed by atoms with Crippen molar-refractivity contribution in [3.63, 3.8) is 0 Å². The van der Waals surface area contributed by atoms with E-state index in [0.717, 1.165) is 10.9 Å². The minimum atomic E-state index is -0.554. The molecule has 0 aliphatic rings. The monoisotopic (exact) mass is 395 g/mol. The Bertz CT molecular complexity index is 1050. The zero-order valence-electron chi connectivity index (χ0n) is 16.2. The van der Waals surface area contributed by atoms with Crippen LogP contribution in [-0.2, 0) is 25.5 Å². The molecule has 1 amide bonds. The summed E-state index contributed by atoms with van der Waals surface area (Å²) in [6.45, 7) is 3.41. The Hall–Kier alpha value is -3.61. The third-order valence-corrected chi connectivity index (χ3v) is 4.21. The van der Waals surface area contributed by atoms with E-state index in [4.69, 9.17) is 13.9 Å². The maximum atomic E-state index is 12.1. The van der Waals surface area contributed by atoms with Gasteiger partial charge in [-0.05, 0) is 37.6 Å². The molecule has 0 spiro atoms. The Morgan fingerprint density at radius 2 is 1.86 bits per heavy atom. The van der Waals surface area contributed by atoms with Gasteiger partial charge in [0.05, 0.1) is 30.5 Å². The van der Waals surface area contributed by atoms with E-state index in [1.165, 1.54) is 6.26 Å². The van der Waals surface area contributed by atoms with Crippen LogP contribution in [0.15, 0.2) is 53.1 Å². The van der Waals surface area contributed by atoms with Crippen LogP contribution in [0.2, 0.25) is 0 Å². The normalized spacial score (nSPS) is 10.6. The molecule has 2 aromatic carbocycles. The molecule has 7 heteroatoms. The standard InChI is InChI=1S/C22H21NO6/c1-3-27-22(26)17-6-4-5-7-18(17)23-20(24)13-29-21(25)11-15-12-28-19-10-14(2)8-9-16(15)19/h4-10,12H,3,11,13H2,1-2H3,(H,23,24). The molecule has 150 valence electrons. The second kappa shape index (κ2) is 9.05. The van der Waals surface area contributed by atoms with E-state index in [2.05, 4.69) is 5.32 Å². The smallest absolute Gasteiger partial charge is 0.340 e. The number of carbonyl (C=O) groups excluding carboxylic acids is 3. The SMILES string of the molecule is CCOC(=O)c1ccccc1NC(=O)COC(=O)Cc1coc2cc(C)ccc12. The minimum Gasteiger partial charge on any atom is -0.464 e. The molecule has 1 aromatic heterocycles. The number of para-hydroxylation sites is 1. The summed E-state index contributed by atoms with van der Waals surface area (Å²) in [5, 5.41) is 3.40. The predicted molar refractivity (Wildman–Crippen MR) is 107 cm³/mol. The van der Waals surface area contributed by atoms with Gasteiger partial charge >= 0.3 is 11.9 Å². The number of aryl methyl sites for hydroxylation is 1. The van der Waals surface area contributed by atoms with Crippen LogP contribution in [0.1, 0.15) is 28.4 Å². The average molecular weight is 395 g/mol. The van der Waals surface area contributed by atoms with E-state index >= 15 is 0 Å². The molecule has 1 heterocycles. The Kier molecular flexibility index (Phi) is 6.29. The van der Waals surface area contributed by atoms with Crippen LogP contribution in [0.5, 0.6) is 0 Å². The molecule has 0 radical (unpaired) electrons. The first-order chi connectivity index (χ1) is 14.0. The summed E-state index contributed by atoms with van der Waals surface area (Å²) < 4.78 is 15.5. The van der Waals surface area contributed by atoms with Crippen LogP contribution in [-0.4, -0.2) is 31.1 Å². The number of fused-ring (bicyclic) bond motifs is 1. The highest BCUT2D eigenvalue weighted by atomic mass is 16.5. The Morgan fingerprint density at radius 1 is 1.07 bits per heavy atom. The molecular weight excluding hydrogens is 374 g/mol. The van der Waals surface area contributed by atoms with E-state index in [9.17, 15) is 14.4 Å². The van der Waals surface area contributed by atoms with Crippen molar-refractivity contribution in [2.24, 2.45) is 0 Å². The summed E-state index contributed by atoms with van der Waals surface area (Å²) in [6, 6.07) is 12.2. The van der Waals surface area contributed by atoms with Crippen LogP contribution in [0, 0.1) is 6.92 Å². The van der Waals surface area contributed by atoms with Gasteiger partial charge in [-0.3, -0.25) is 9.59 Å². The summed E-state index contributed by atoms with van der Waals surface area (Å²) in [6.07, 6.45) is 1.50. The largest absolute Gasteiger partial charge is 0.464 e. The van der Waals surface area contributed by atoms with E-state index in [-0.39, 0.29) is 18.6 Å². The van der Waals surface area contributed by atoms with Crippen molar-refractivity contribution in [1.82, 2.24) is 0 Å². The van der Waals surface area contributed by atoms with Crippen molar-refractivity contribution in [1.29, 1.82) is 0 Å². The minimum absolute atomic E-state index is 0.0112. The molecule has 0 unspecified atom stereocenters. The van der Waals surface area contributed by atoms with E-state index in [1.54, 1.807) is 31.2 Å². The lowest BCUT2D eigenvalue weighted by Crippen LogP contribution is -2.23. The Labute approximate surface area is 167 Å². The number of nitrogens with one attached hydrogen (secondary N) is 1. The van der Waals surface area contributed by atoms with Gasteiger partial charge in [-0.2, -0.15) is 0 Å². The molecule has 0 saturated heterocycles. The van der Waals surface area contributed by atoms with Crippen LogP contribution in [0.4, 0.5) is 5.69 Å². The lowest BCUT2D eigenvalue weighted by Gasteiger charge is -2.10. The van der Waals surface area contributed by atoms with Crippen molar-refractivity contribution in [2.75, 3.05) is 18.5 Å². The molecule has 7 nitrogen and oxygen atoms in total. The number of anilines is 1. The van der Waals surface area contributed by atoms with Gasteiger partial charge in [0, 0.05) is 10.9 Å². The maximum absolute atomic E-state index is 12.1. The van der Waals surface area contributed by atoms with Crippen LogP contribution in [0.3, 0.4) is 0 Å². The molecule has 0 bridgehead atoms. The molecule has 3 aromatic rings. The second-order valence-electron chi connectivity index (χ2n) is 6.41. The number of amides is 1.